The van der Waals surface area contributed by atoms with Crippen molar-refractivity contribution in [3.05, 3.63) is 10.5 Å². The van der Waals surface area contributed by atoms with Gasteiger partial charge in [-0.15, -0.1) is 5.10 Å². The summed E-state index contributed by atoms with van der Waals surface area (Å²) >= 11 is 1.38. The molecule has 0 aliphatic heterocycles. The van der Waals surface area contributed by atoms with E-state index in [9.17, 15) is 9.59 Å². The SMILES string of the molecule is CCCNC(CSc1n[nH]c(=O)n1CCC)C(=O)OCC. The molecule has 120 valence electrons. The normalized spacial score (nSPS) is 12.3. The summed E-state index contributed by atoms with van der Waals surface area (Å²) in [6.45, 7) is 7.54. The quantitative estimate of drug-likeness (QED) is 0.494. The molecule has 21 heavy (non-hydrogen) atoms. The molecule has 1 aromatic rings. The number of nitrogens with zero attached hydrogens (tertiary/aromatic N) is 2. The Morgan fingerprint density at radius 3 is 2.81 bits per heavy atom. The smallest absolute Gasteiger partial charge is 0.343 e. The number of ether oxygens (including phenoxy) is 1. The molecule has 1 unspecified atom stereocenters. The van der Waals surface area contributed by atoms with Crippen LogP contribution in [0.4, 0.5) is 0 Å². The van der Waals surface area contributed by atoms with Gasteiger partial charge in [0.25, 0.3) is 0 Å². The standard InChI is InChI=1S/C13H24N4O3S/c1-4-7-14-10(11(18)20-6-3)9-21-13-16-15-12(19)17(13)8-5-2/h10,14H,4-9H2,1-3H3,(H,15,19). The Morgan fingerprint density at radius 2 is 2.19 bits per heavy atom. The van der Waals surface area contributed by atoms with Crippen LogP contribution in [0, 0.1) is 0 Å². The van der Waals surface area contributed by atoms with Gasteiger partial charge in [-0.2, -0.15) is 0 Å². The van der Waals surface area contributed by atoms with Crippen LogP contribution in [0.2, 0.25) is 0 Å². The van der Waals surface area contributed by atoms with Crippen molar-refractivity contribution in [3.63, 3.8) is 0 Å². The van der Waals surface area contributed by atoms with Crippen LogP contribution in [0.15, 0.2) is 9.95 Å². The van der Waals surface area contributed by atoms with Crippen molar-refractivity contribution in [2.75, 3.05) is 18.9 Å². The van der Waals surface area contributed by atoms with Crippen molar-refractivity contribution < 1.29 is 9.53 Å². The second-order valence-electron chi connectivity index (χ2n) is 4.53. The van der Waals surface area contributed by atoms with Crippen LogP contribution in [0.1, 0.15) is 33.6 Å². The van der Waals surface area contributed by atoms with Crippen LogP contribution in [0.3, 0.4) is 0 Å². The lowest BCUT2D eigenvalue weighted by atomic mass is 10.3. The number of aromatic amines is 1. The molecule has 1 heterocycles. The van der Waals surface area contributed by atoms with Gasteiger partial charge in [-0.3, -0.25) is 9.36 Å². The number of carbonyl (C=O) groups is 1. The highest BCUT2D eigenvalue weighted by Gasteiger charge is 2.20. The molecule has 8 heteroatoms. The molecule has 0 radical (unpaired) electrons. The summed E-state index contributed by atoms with van der Waals surface area (Å²) in [5.41, 5.74) is -0.214. The highest BCUT2D eigenvalue weighted by molar-refractivity contribution is 7.99. The van der Waals surface area contributed by atoms with Crippen molar-refractivity contribution in [1.82, 2.24) is 20.1 Å². The van der Waals surface area contributed by atoms with Crippen LogP contribution in [0.5, 0.6) is 0 Å². The van der Waals surface area contributed by atoms with Crippen LogP contribution < -0.4 is 11.0 Å². The van der Waals surface area contributed by atoms with Crippen molar-refractivity contribution >= 4 is 17.7 Å². The number of H-pyrrole nitrogens is 1. The average Bonchev–Trinajstić information content (AvgIpc) is 2.81. The first-order valence-electron chi connectivity index (χ1n) is 7.31. The van der Waals surface area contributed by atoms with E-state index in [4.69, 9.17) is 4.74 Å². The molecule has 1 rings (SSSR count). The summed E-state index contributed by atoms with van der Waals surface area (Å²) in [7, 11) is 0. The van der Waals surface area contributed by atoms with Crippen LogP contribution in [0.25, 0.3) is 0 Å². The van der Waals surface area contributed by atoms with Gasteiger partial charge < -0.3 is 10.1 Å². The number of carbonyl (C=O) groups excluding carboxylic acids is 1. The van der Waals surface area contributed by atoms with E-state index in [1.165, 1.54) is 11.8 Å². The Hall–Kier alpha value is -1.28. The van der Waals surface area contributed by atoms with E-state index in [2.05, 4.69) is 15.5 Å². The van der Waals surface area contributed by atoms with Gasteiger partial charge in [0.15, 0.2) is 5.16 Å². The zero-order valence-corrected chi connectivity index (χ0v) is 13.7. The molecule has 2 N–H and O–H groups in total. The van der Waals surface area contributed by atoms with E-state index in [0.29, 0.717) is 24.1 Å². The Bertz CT molecular complexity index is 486. The highest BCUT2D eigenvalue weighted by Crippen LogP contribution is 2.15. The second kappa shape index (κ2) is 9.62. The Balaban J connectivity index is 2.67. The molecule has 0 spiro atoms. The maximum absolute atomic E-state index is 11.9. The molecular formula is C13H24N4O3S. The zero-order valence-electron chi connectivity index (χ0n) is 12.8. The first-order valence-corrected chi connectivity index (χ1v) is 8.30. The number of nitrogens with one attached hydrogen (secondary N) is 2. The second-order valence-corrected chi connectivity index (χ2v) is 5.52. The van der Waals surface area contributed by atoms with Crippen molar-refractivity contribution in [2.45, 2.75) is 51.4 Å². The molecule has 0 fully saturated rings. The molecule has 0 aliphatic rings. The summed E-state index contributed by atoms with van der Waals surface area (Å²) in [5.74, 6) is 0.214. The maximum Gasteiger partial charge on any atom is 0.343 e. The Morgan fingerprint density at radius 1 is 1.43 bits per heavy atom. The fourth-order valence-corrected chi connectivity index (χ4v) is 2.77. The van der Waals surface area contributed by atoms with E-state index in [1.54, 1.807) is 11.5 Å². The van der Waals surface area contributed by atoms with Gasteiger partial charge in [-0.05, 0) is 26.3 Å². The molecule has 0 bridgehead atoms. The highest BCUT2D eigenvalue weighted by atomic mass is 32.2. The summed E-state index contributed by atoms with van der Waals surface area (Å²) in [6, 6.07) is -0.392. The van der Waals surface area contributed by atoms with Crippen molar-refractivity contribution in [2.24, 2.45) is 0 Å². The predicted octanol–water partition coefficient (Wildman–Crippen LogP) is 1.00. The largest absolute Gasteiger partial charge is 0.465 e. The lowest BCUT2D eigenvalue weighted by Gasteiger charge is -2.16. The minimum atomic E-state index is -0.392. The van der Waals surface area contributed by atoms with Crippen LogP contribution in [-0.4, -0.2) is 45.7 Å². The van der Waals surface area contributed by atoms with E-state index < -0.39 is 6.04 Å². The summed E-state index contributed by atoms with van der Waals surface area (Å²) in [4.78, 5) is 23.5. The van der Waals surface area contributed by atoms with Gasteiger partial charge in [-0.25, -0.2) is 9.89 Å². The Kier molecular flexibility index (Phi) is 8.14. The molecular weight excluding hydrogens is 292 g/mol. The number of esters is 1. The molecule has 0 amide bonds. The van der Waals surface area contributed by atoms with Gasteiger partial charge in [0.05, 0.1) is 6.61 Å². The number of hydrogen-bond acceptors (Lipinski definition) is 6. The summed E-state index contributed by atoms with van der Waals surface area (Å²) in [5, 5.41) is 10.2. The minimum Gasteiger partial charge on any atom is -0.465 e. The van der Waals surface area contributed by atoms with Gasteiger partial charge in [0, 0.05) is 12.3 Å². The molecule has 0 saturated heterocycles. The molecule has 1 aromatic heterocycles. The fourth-order valence-electron chi connectivity index (χ4n) is 1.76. The predicted molar refractivity (Wildman–Crippen MR) is 82.6 cm³/mol. The number of aromatic nitrogens is 3. The van der Waals surface area contributed by atoms with Gasteiger partial charge in [-0.1, -0.05) is 25.6 Å². The molecule has 0 aliphatic carbocycles. The molecule has 0 aromatic carbocycles. The third kappa shape index (κ3) is 5.55. The van der Waals surface area contributed by atoms with E-state index in [1.807, 2.05) is 13.8 Å². The fraction of sp³-hybridized carbons (Fsp3) is 0.769. The number of hydrogen-bond donors (Lipinski definition) is 2. The van der Waals surface area contributed by atoms with Gasteiger partial charge in [0.1, 0.15) is 6.04 Å². The van der Waals surface area contributed by atoms with E-state index >= 15 is 0 Å². The van der Waals surface area contributed by atoms with E-state index in [0.717, 1.165) is 19.4 Å². The monoisotopic (exact) mass is 316 g/mol. The first-order chi connectivity index (χ1) is 10.1. The average molecular weight is 316 g/mol. The summed E-state index contributed by atoms with van der Waals surface area (Å²) in [6.07, 6.45) is 1.78. The first kappa shape index (κ1) is 17.8. The zero-order chi connectivity index (χ0) is 15.7. The number of thioether (sulfide) groups is 1. The molecule has 7 nitrogen and oxygen atoms in total. The lowest BCUT2D eigenvalue weighted by Crippen LogP contribution is -2.40. The van der Waals surface area contributed by atoms with Crippen molar-refractivity contribution in [1.29, 1.82) is 0 Å². The lowest BCUT2D eigenvalue weighted by molar-refractivity contribution is -0.144. The topological polar surface area (TPSA) is 89.0 Å². The van der Waals surface area contributed by atoms with E-state index in [-0.39, 0.29) is 11.7 Å². The molecule has 0 saturated carbocycles. The Labute approximate surface area is 128 Å². The minimum absolute atomic E-state index is 0.214. The third-order valence-electron chi connectivity index (χ3n) is 2.76. The van der Waals surface area contributed by atoms with Gasteiger partial charge >= 0.3 is 11.7 Å². The van der Waals surface area contributed by atoms with Crippen molar-refractivity contribution in [3.8, 4) is 0 Å². The number of rotatable bonds is 10. The van der Waals surface area contributed by atoms with Crippen LogP contribution >= 0.6 is 11.8 Å². The summed E-state index contributed by atoms with van der Waals surface area (Å²) < 4.78 is 6.65. The van der Waals surface area contributed by atoms with Crippen LogP contribution in [-0.2, 0) is 16.1 Å². The van der Waals surface area contributed by atoms with Gasteiger partial charge in [0.2, 0.25) is 0 Å². The molecule has 1 atom stereocenters. The third-order valence-corrected chi connectivity index (χ3v) is 3.83. The maximum atomic E-state index is 11.9.